The molecule has 0 saturated carbocycles. The molecule has 15 heavy (non-hydrogen) atoms. The molecule has 0 radical (unpaired) electrons. The van der Waals surface area contributed by atoms with E-state index in [1.54, 1.807) is 18.2 Å². The number of benzene rings is 1. The van der Waals surface area contributed by atoms with Gasteiger partial charge in [0.05, 0.1) is 11.8 Å². The van der Waals surface area contributed by atoms with Crippen molar-refractivity contribution in [3.05, 3.63) is 23.8 Å². The third-order valence-electron chi connectivity index (χ3n) is 1.98. The summed E-state index contributed by atoms with van der Waals surface area (Å²) in [5, 5.41) is 20.2. The number of rotatable bonds is 3. The summed E-state index contributed by atoms with van der Waals surface area (Å²) >= 11 is 0. The summed E-state index contributed by atoms with van der Waals surface area (Å²) in [7, 11) is 0. The molecular formula is C11H12N2O2. The number of nitrogens with one attached hydrogen (secondary N) is 1. The number of aromatic hydroxyl groups is 1. The molecule has 0 heterocycles. The number of hydrogen-bond acceptors (Lipinski definition) is 3. The first-order chi connectivity index (χ1) is 7.17. The SMILES string of the molecule is CCc1ccc(O)c(NC(=O)CC#N)c1. The quantitative estimate of drug-likeness (QED) is 0.737. The van der Waals surface area contributed by atoms with Crippen molar-refractivity contribution in [1.82, 2.24) is 0 Å². The Morgan fingerprint density at radius 1 is 1.60 bits per heavy atom. The number of carbonyl (C=O) groups is 1. The third-order valence-corrected chi connectivity index (χ3v) is 1.98. The van der Waals surface area contributed by atoms with Crippen LogP contribution in [-0.4, -0.2) is 11.0 Å². The highest BCUT2D eigenvalue weighted by atomic mass is 16.3. The van der Waals surface area contributed by atoms with Gasteiger partial charge in [0, 0.05) is 0 Å². The number of carbonyl (C=O) groups excluding carboxylic acids is 1. The summed E-state index contributed by atoms with van der Waals surface area (Å²) in [5.74, 6) is -0.403. The number of nitrogens with zero attached hydrogens (tertiary/aromatic N) is 1. The van der Waals surface area contributed by atoms with Crippen LogP contribution in [0.5, 0.6) is 5.75 Å². The largest absolute Gasteiger partial charge is 0.506 e. The van der Waals surface area contributed by atoms with Gasteiger partial charge in [0.15, 0.2) is 0 Å². The molecule has 1 aromatic carbocycles. The predicted octanol–water partition coefficient (Wildman–Crippen LogP) is 1.81. The lowest BCUT2D eigenvalue weighted by Crippen LogP contribution is -2.10. The molecule has 0 fully saturated rings. The van der Waals surface area contributed by atoms with Gasteiger partial charge in [0.2, 0.25) is 5.91 Å². The summed E-state index contributed by atoms with van der Waals surface area (Å²) in [6.07, 6.45) is 0.608. The van der Waals surface area contributed by atoms with Crippen LogP contribution in [-0.2, 0) is 11.2 Å². The molecule has 78 valence electrons. The summed E-state index contributed by atoms with van der Waals surface area (Å²) in [4.78, 5) is 11.1. The van der Waals surface area contributed by atoms with Crippen LogP contribution in [0.2, 0.25) is 0 Å². The molecule has 1 amide bonds. The molecule has 0 atom stereocenters. The van der Waals surface area contributed by atoms with Gasteiger partial charge >= 0.3 is 0 Å². The first-order valence-corrected chi connectivity index (χ1v) is 4.66. The zero-order chi connectivity index (χ0) is 11.3. The van der Waals surface area contributed by atoms with Gasteiger partial charge in [-0.3, -0.25) is 4.79 Å². The molecular weight excluding hydrogens is 192 g/mol. The molecule has 0 saturated heterocycles. The van der Waals surface area contributed by atoms with E-state index in [9.17, 15) is 9.90 Å². The van der Waals surface area contributed by atoms with E-state index >= 15 is 0 Å². The van der Waals surface area contributed by atoms with E-state index in [2.05, 4.69) is 5.32 Å². The fourth-order valence-corrected chi connectivity index (χ4v) is 1.17. The van der Waals surface area contributed by atoms with Gasteiger partial charge in [-0.25, -0.2) is 0 Å². The monoisotopic (exact) mass is 204 g/mol. The Morgan fingerprint density at radius 2 is 2.33 bits per heavy atom. The maximum Gasteiger partial charge on any atom is 0.238 e. The second-order valence-corrected chi connectivity index (χ2v) is 3.09. The number of hydrogen-bond donors (Lipinski definition) is 2. The van der Waals surface area contributed by atoms with Crippen molar-refractivity contribution in [2.24, 2.45) is 0 Å². The van der Waals surface area contributed by atoms with E-state index in [0.29, 0.717) is 5.69 Å². The van der Waals surface area contributed by atoms with Crippen molar-refractivity contribution in [2.45, 2.75) is 19.8 Å². The van der Waals surface area contributed by atoms with Gasteiger partial charge in [0.25, 0.3) is 0 Å². The lowest BCUT2D eigenvalue weighted by Gasteiger charge is -2.07. The highest BCUT2D eigenvalue weighted by Gasteiger charge is 2.06. The average molecular weight is 204 g/mol. The topological polar surface area (TPSA) is 73.1 Å². The molecule has 0 aliphatic rings. The zero-order valence-electron chi connectivity index (χ0n) is 8.45. The second kappa shape index (κ2) is 5.01. The minimum absolute atomic E-state index is 0.0125. The van der Waals surface area contributed by atoms with E-state index in [4.69, 9.17) is 5.26 Å². The zero-order valence-corrected chi connectivity index (χ0v) is 8.45. The fraction of sp³-hybridized carbons (Fsp3) is 0.273. The Kier molecular flexibility index (Phi) is 3.69. The summed E-state index contributed by atoms with van der Waals surface area (Å²) < 4.78 is 0. The number of aryl methyl sites for hydroxylation is 1. The molecule has 0 aromatic heterocycles. The summed E-state index contributed by atoms with van der Waals surface area (Å²) in [6, 6.07) is 6.76. The van der Waals surface area contributed by atoms with Crippen molar-refractivity contribution in [3.8, 4) is 11.8 Å². The number of phenolic OH excluding ortho intramolecular Hbond substituents is 1. The predicted molar refractivity (Wildman–Crippen MR) is 56.3 cm³/mol. The van der Waals surface area contributed by atoms with Crippen LogP contribution in [0.3, 0.4) is 0 Å². The number of anilines is 1. The Morgan fingerprint density at radius 3 is 2.93 bits per heavy atom. The molecule has 2 N–H and O–H groups in total. The van der Waals surface area contributed by atoms with Crippen LogP contribution in [0.25, 0.3) is 0 Å². The minimum Gasteiger partial charge on any atom is -0.506 e. The van der Waals surface area contributed by atoms with E-state index in [1.807, 2.05) is 6.92 Å². The fourth-order valence-electron chi connectivity index (χ4n) is 1.17. The first-order valence-electron chi connectivity index (χ1n) is 4.66. The van der Waals surface area contributed by atoms with Crippen LogP contribution >= 0.6 is 0 Å². The van der Waals surface area contributed by atoms with E-state index in [0.717, 1.165) is 12.0 Å². The standard InChI is InChI=1S/C11H12N2O2/c1-2-8-3-4-10(14)9(7-8)13-11(15)5-6-12/h3-4,7,14H,2,5H2,1H3,(H,13,15). The van der Waals surface area contributed by atoms with Gasteiger partial charge in [-0.2, -0.15) is 5.26 Å². The molecule has 0 aliphatic carbocycles. The Bertz CT molecular complexity index is 408. The van der Waals surface area contributed by atoms with Crippen molar-refractivity contribution < 1.29 is 9.90 Å². The van der Waals surface area contributed by atoms with Gasteiger partial charge < -0.3 is 10.4 Å². The Balaban J connectivity index is 2.84. The van der Waals surface area contributed by atoms with Crippen LogP contribution in [0, 0.1) is 11.3 Å². The smallest absolute Gasteiger partial charge is 0.238 e. The van der Waals surface area contributed by atoms with Gasteiger partial charge in [-0.15, -0.1) is 0 Å². The van der Waals surface area contributed by atoms with Crippen LogP contribution in [0.4, 0.5) is 5.69 Å². The van der Waals surface area contributed by atoms with E-state index in [-0.39, 0.29) is 12.2 Å². The third kappa shape index (κ3) is 2.99. The van der Waals surface area contributed by atoms with Gasteiger partial charge in [-0.1, -0.05) is 13.0 Å². The number of nitriles is 1. The Labute approximate surface area is 88.2 Å². The van der Waals surface area contributed by atoms with Crippen LogP contribution in [0.1, 0.15) is 18.9 Å². The lowest BCUT2D eigenvalue weighted by molar-refractivity contribution is -0.115. The van der Waals surface area contributed by atoms with Crippen LogP contribution < -0.4 is 5.32 Å². The number of phenols is 1. The maximum absolute atomic E-state index is 11.1. The average Bonchev–Trinajstić information content (AvgIpc) is 2.21. The number of amides is 1. The molecule has 0 unspecified atom stereocenters. The maximum atomic E-state index is 11.1. The molecule has 4 heteroatoms. The van der Waals surface area contributed by atoms with E-state index in [1.165, 1.54) is 6.07 Å². The normalized spacial score (nSPS) is 9.33. The lowest BCUT2D eigenvalue weighted by atomic mass is 10.1. The summed E-state index contributed by atoms with van der Waals surface area (Å²) in [6.45, 7) is 1.98. The molecule has 0 aliphatic heterocycles. The molecule has 0 spiro atoms. The first kappa shape index (κ1) is 11.1. The highest BCUT2D eigenvalue weighted by molar-refractivity contribution is 5.93. The van der Waals surface area contributed by atoms with Gasteiger partial charge in [0.1, 0.15) is 12.2 Å². The van der Waals surface area contributed by atoms with Crippen molar-refractivity contribution in [2.75, 3.05) is 5.32 Å². The summed E-state index contributed by atoms with van der Waals surface area (Å²) in [5.41, 5.74) is 1.37. The van der Waals surface area contributed by atoms with Crippen LogP contribution in [0.15, 0.2) is 18.2 Å². The molecule has 1 aromatic rings. The minimum atomic E-state index is -0.416. The molecule has 4 nitrogen and oxygen atoms in total. The van der Waals surface area contributed by atoms with E-state index < -0.39 is 5.91 Å². The van der Waals surface area contributed by atoms with Crippen molar-refractivity contribution in [3.63, 3.8) is 0 Å². The highest BCUT2D eigenvalue weighted by Crippen LogP contribution is 2.24. The van der Waals surface area contributed by atoms with Gasteiger partial charge in [-0.05, 0) is 24.1 Å². The molecule has 0 bridgehead atoms. The Hall–Kier alpha value is -2.02. The van der Waals surface area contributed by atoms with Crippen molar-refractivity contribution in [1.29, 1.82) is 5.26 Å². The molecule has 1 rings (SSSR count). The van der Waals surface area contributed by atoms with Crippen molar-refractivity contribution >= 4 is 11.6 Å². The second-order valence-electron chi connectivity index (χ2n) is 3.09.